The highest BCUT2D eigenvalue weighted by Gasteiger charge is 1.93. The van der Waals surface area contributed by atoms with E-state index < -0.39 is 0 Å². The van der Waals surface area contributed by atoms with Gasteiger partial charge in [0.2, 0.25) is 0 Å². The molecule has 0 aliphatic rings. The molecule has 2 aromatic heterocycles. The molecule has 0 unspecified atom stereocenters. The monoisotopic (exact) mass is 219 g/mol. The number of hydrogen-bond acceptors (Lipinski definition) is 3. The highest BCUT2D eigenvalue weighted by molar-refractivity contribution is 4.92. The number of nitrogens with one attached hydrogen (secondary N) is 2. The summed E-state index contributed by atoms with van der Waals surface area (Å²) in [5, 5.41) is 3.37. The largest absolute Gasteiger partial charge is 0.347 e. The molecule has 5 nitrogen and oxygen atoms in total. The number of imidazole rings is 2. The summed E-state index contributed by atoms with van der Waals surface area (Å²) in [6.45, 7) is 2.95. The molecule has 2 N–H and O–H groups in total. The second kappa shape index (κ2) is 6.07. The van der Waals surface area contributed by atoms with Gasteiger partial charge in [-0.05, 0) is 19.4 Å². The number of aryl methyl sites for hydroxylation is 1. The Labute approximate surface area is 94.9 Å². The van der Waals surface area contributed by atoms with Crippen LogP contribution in [0.5, 0.6) is 0 Å². The van der Waals surface area contributed by atoms with E-state index in [-0.39, 0.29) is 0 Å². The molecule has 2 rings (SSSR count). The third-order valence-electron chi connectivity index (χ3n) is 2.45. The van der Waals surface area contributed by atoms with Gasteiger partial charge in [0.15, 0.2) is 0 Å². The van der Waals surface area contributed by atoms with Gasteiger partial charge in [0, 0.05) is 37.4 Å². The lowest BCUT2D eigenvalue weighted by Gasteiger charge is -2.03. The van der Waals surface area contributed by atoms with Crippen molar-refractivity contribution >= 4 is 0 Å². The lowest BCUT2D eigenvalue weighted by Crippen LogP contribution is -2.15. The summed E-state index contributed by atoms with van der Waals surface area (Å²) in [5.41, 5.74) is 1.13. The quantitative estimate of drug-likeness (QED) is 0.687. The minimum Gasteiger partial charge on any atom is -0.347 e. The molecular weight excluding hydrogens is 202 g/mol. The fourth-order valence-corrected chi connectivity index (χ4v) is 1.57. The predicted molar refractivity (Wildman–Crippen MR) is 61.8 cm³/mol. The van der Waals surface area contributed by atoms with Gasteiger partial charge in [-0.15, -0.1) is 0 Å². The van der Waals surface area contributed by atoms with Gasteiger partial charge in [0.05, 0.1) is 12.7 Å². The second-order valence-electron chi connectivity index (χ2n) is 3.76. The molecule has 0 atom stereocenters. The van der Waals surface area contributed by atoms with Crippen molar-refractivity contribution in [2.45, 2.75) is 25.9 Å². The van der Waals surface area contributed by atoms with E-state index in [1.807, 2.05) is 24.9 Å². The summed E-state index contributed by atoms with van der Waals surface area (Å²) < 4.78 is 2.11. The van der Waals surface area contributed by atoms with Crippen molar-refractivity contribution in [2.75, 3.05) is 6.54 Å². The van der Waals surface area contributed by atoms with Crippen LogP contribution in [0.15, 0.2) is 31.2 Å². The fraction of sp³-hybridized carbons (Fsp3) is 0.455. The third kappa shape index (κ3) is 3.51. The smallest absolute Gasteiger partial charge is 0.0945 e. The third-order valence-corrected chi connectivity index (χ3v) is 2.45. The van der Waals surface area contributed by atoms with Gasteiger partial charge in [-0.25, -0.2) is 9.97 Å². The molecule has 16 heavy (non-hydrogen) atoms. The van der Waals surface area contributed by atoms with Crippen molar-refractivity contribution in [3.8, 4) is 0 Å². The van der Waals surface area contributed by atoms with E-state index in [1.165, 1.54) is 12.8 Å². The lowest BCUT2D eigenvalue weighted by atomic mass is 10.3. The summed E-state index contributed by atoms with van der Waals surface area (Å²) in [5.74, 6) is 0. The molecule has 0 bridgehead atoms. The maximum atomic E-state index is 4.01. The molecule has 2 heterocycles. The molecule has 86 valence electrons. The number of aromatic amines is 1. The highest BCUT2D eigenvalue weighted by atomic mass is 15.0. The maximum absolute atomic E-state index is 4.01. The van der Waals surface area contributed by atoms with Crippen LogP contribution in [0.3, 0.4) is 0 Å². The number of unbranched alkanes of at least 4 members (excludes halogenated alkanes) is 1. The Morgan fingerprint density at radius 2 is 2.31 bits per heavy atom. The number of nitrogens with zero attached hydrogens (tertiary/aromatic N) is 3. The van der Waals surface area contributed by atoms with E-state index in [4.69, 9.17) is 0 Å². The average Bonchev–Trinajstić information content (AvgIpc) is 2.96. The van der Waals surface area contributed by atoms with Crippen molar-refractivity contribution in [2.24, 2.45) is 0 Å². The van der Waals surface area contributed by atoms with E-state index in [1.54, 1.807) is 6.33 Å². The van der Waals surface area contributed by atoms with Crippen LogP contribution in [0.4, 0.5) is 0 Å². The molecule has 0 amide bonds. The first-order valence-electron chi connectivity index (χ1n) is 5.59. The maximum Gasteiger partial charge on any atom is 0.0945 e. The van der Waals surface area contributed by atoms with E-state index in [0.717, 1.165) is 25.3 Å². The fourth-order valence-electron chi connectivity index (χ4n) is 1.57. The molecule has 2 aromatic rings. The SMILES string of the molecule is c1cn(CCCCNCc2cnc[nH]2)cn1. The number of aromatic nitrogens is 4. The normalized spacial score (nSPS) is 10.8. The summed E-state index contributed by atoms with van der Waals surface area (Å²) >= 11 is 0. The van der Waals surface area contributed by atoms with Crippen LogP contribution in [0.2, 0.25) is 0 Å². The molecule has 0 saturated heterocycles. The van der Waals surface area contributed by atoms with Crippen molar-refractivity contribution in [3.63, 3.8) is 0 Å². The first-order chi connectivity index (χ1) is 7.95. The Morgan fingerprint density at radius 3 is 3.06 bits per heavy atom. The number of rotatable bonds is 7. The molecular formula is C11H17N5. The Hall–Kier alpha value is -1.62. The Balaban J connectivity index is 1.49. The molecule has 0 radical (unpaired) electrons. The van der Waals surface area contributed by atoms with Crippen LogP contribution < -0.4 is 5.32 Å². The minimum absolute atomic E-state index is 0.866. The van der Waals surface area contributed by atoms with Crippen LogP contribution in [-0.4, -0.2) is 26.1 Å². The van der Waals surface area contributed by atoms with Crippen molar-refractivity contribution in [1.29, 1.82) is 0 Å². The van der Waals surface area contributed by atoms with Crippen molar-refractivity contribution < 1.29 is 0 Å². The Kier molecular flexibility index (Phi) is 4.13. The summed E-state index contributed by atoms with van der Waals surface area (Å²) in [7, 11) is 0. The zero-order valence-electron chi connectivity index (χ0n) is 9.26. The molecule has 0 aromatic carbocycles. The summed E-state index contributed by atoms with van der Waals surface area (Å²) in [6, 6.07) is 0. The van der Waals surface area contributed by atoms with E-state index in [9.17, 15) is 0 Å². The zero-order chi connectivity index (χ0) is 11.1. The lowest BCUT2D eigenvalue weighted by molar-refractivity contribution is 0.566. The van der Waals surface area contributed by atoms with Crippen molar-refractivity contribution in [1.82, 2.24) is 24.8 Å². The van der Waals surface area contributed by atoms with Gasteiger partial charge in [-0.2, -0.15) is 0 Å². The van der Waals surface area contributed by atoms with Crippen molar-refractivity contribution in [3.05, 3.63) is 36.9 Å². The van der Waals surface area contributed by atoms with Gasteiger partial charge >= 0.3 is 0 Å². The first kappa shape index (κ1) is 10.9. The molecule has 0 fully saturated rings. The Bertz CT molecular complexity index is 327. The Morgan fingerprint density at radius 1 is 1.31 bits per heavy atom. The number of H-pyrrole nitrogens is 1. The molecule has 0 aliphatic heterocycles. The van der Waals surface area contributed by atoms with Crippen LogP contribution in [0.25, 0.3) is 0 Å². The molecule has 0 aliphatic carbocycles. The van der Waals surface area contributed by atoms with E-state index in [0.29, 0.717) is 0 Å². The van der Waals surface area contributed by atoms with E-state index >= 15 is 0 Å². The van der Waals surface area contributed by atoms with Crippen LogP contribution in [0, 0.1) is 0 Å². The van der Waals surface area contributed by atoms with Crippen LogP contribution in [-0.2, 0) is 13.1 Å². The van der Waals surface area contributed by atoms with Crippen LogP contribution >= 0.6 is 0 Å². The minimum atomic E-state index is 0.866. The summed E-state index contributed by atoms with van der Waals surface area (Å²) in [6.07, 6.45) is 11.6. The van der Waals surface area contributed by atoms with Crippen LogP contribution in [0.1, 0.15) is 18.5 Å². The van der Waals surface area contributed by atoms with E-state index in [2.05, 4.69) is 24.8 Å². The molecule has 5 heteroatoms. The zero-order valence-corrected chi connectivity index (χ0v) is 9.26. The highest BCUT2D eigenvalue weighted by Crippen LogP contribution is 1.95. The average molecular weight is 219 g/mol. The number of hydrogen-bond donors (Lipinski definition) is 2. The predicted octanol–water partition coefficient (Wildman–Crippen LogP) is 1.18. The van der Waals surface area contributed by atoms with Gasteiger partial charge in [-0.1, -0.05) is 0 Å². The topological polar surface area (TPSA) is 58.5 Å². The second-order valence-corrected chi connectivity index (χ2v) is 3.76. The standard InChI is InChI=1S/C11H17N5/c1(2-5-16-6-4-13-10-16)3-12-7-11-8-14-9-15-11/h4,6,8-10,12H,1-3,5,7H2,(H,14,15). The van der Waals surface area contributed by atoms with Gasteiger partial charge in [-0.3, -0.25) is 0 Å². The first-order valence-corrected chi connectivity index (χ1v) is 5.59. The van der Waals surface area contributed by atoms with Gasteiger partial charge < -0.3 is 14.9 Å². The summed E-state index contributed by atoms with van der Waals surface area (Å²) in [4.78, 5) is 11.0. The van der Waals surface area contributed by atoms with Gasteiger partial charge in [0.25, 0.3) is 0 Å². The molecule has 0 saturated carbocycles. The molecule has 0 spiro atoms. The van der Waals surface area contributed by atoms with Gasteiger partial charge in [0.1, 0.15) is 0 Å².